The maximum atomic E-state index is 5.65. The first-order valence-corrected chi connectivity index (χ1v) is 6.82. The number of hydrogen-bond acceptors (Lipinski definition) is 2. The molecule has 1 fully saturated rings. The Morgan fingerprint density at radius 1 is 1.39 bits per heavy atom. The quantitative estimate of drug-likeness (QED) is 0.707. The van der Waals surface area contributed by atoms with Crippen LogP contribution in [0.25, 0.3) is 0 Å². The van der Waals surface area contributed by atoms with Gasteiger partial charge in [-0.05, 0) is 30.7 Å². The van der Waals surface area contributed by atoms with Gasteiger partial charge in [-0.1, -0.05) is 37.8 Å². The average molecular weight is 245 g/mol. The molecule has 2 heteroatoms. The highest BCUT2D eigenvalue weighted by atomic mass is 16.5. The average Bonchev–Trinajstić information content (AvgIpc) is 3.18. The minimum absolute atomic E-state index is 0.565. The van der Waals surface area contributed by atoms with Gasteiger partial charge in [0, 0.05) is 18.7 Å². The molecule has 1 N–H and O–H groups in total. The fraction of sp³-hybridized carbons (Fsp3) is 0.500. The number of rotatable bonds is 8. The van der Waals surface area contributed by atoms with Crippen molar-refractivity contribution >= 4 is 0 Å². The summed E-state index contributed by atoms with van der Waals surface area (Å²) in [6, 6.07) is 8.21. The molecule has 1 aliphatic carbocycles. The lowest BCUT2D eigenvalue weighted by Crippen LogP contribution is -2.23. The van der Waals surface area contributed by atoms with Gasteiger partial charge < -0.3 is 10.1 Å². The second kappa shape index (κ2) is 6.05. The Balaban J connectivity index is 1.86. The van der Waals surface area contributed by atoms with Crippen LogP contribution in [0.4, 0.5) is 0 Å². The van der Waals surface area contributed by atoms with E-state index in [1.807, 2.05) is 12.1 Å². The summed E-state index contributed by atoms with van der Waals surface area (Å²) in [5.41, 5.74) is 1.82. The van der Waals surface area contributed by atoms with Gasteiger partial charge >= 0.3 is 0 Å². The van der Waals surface area contributed by atoms with Crippen LogP contribution < -0.4 is 10.1 Å². The number of hydrogen-bond donors (Lipinski definition) is 1. The second-order valence-corrected chi connectivity index (χ2v) is 5.16. The van der Waals surface area contributed by atoms with Gasteiger partial charge in [-0.3, -0.25) is 0 Å². The maximum absolute atomic E-state index is 5.65. The molecule has 18 heavy (non-hydrogen) atoms. The van der Waals surface area contributed by atoms with Crippen molar-refractivity contribution in [3.63, 3.8) is 0 Å². The summed E-state index contributed by atoms with van der Waals surface area (Å²) in [5.74, 6) is 0.964. The van der Waals surface area contributed by atoms with Crippen molar-refractivity contribution in [1.29, 1.82) is 0 Å². The molecule has 0 aromatic heterocycles. The molecule has 98 valence electrons. The van der Waals surface area contributed by atoms with Crippen LogP contribution in [0.5, 0.6) is 5.75 Å². The molecule has 0 atom stereocenters. The van der Waals surface area contributed by atoms with E-state index in [0.29, 0.717) is 12.0 Å². The summed E-state index contributed by atoms with van der Waals surface area (Å²) in [7, 11) is 0. The summed E-state index contributed by atoms with van der Waals surface area (Å²) < 4.78 is 5.65. The minimum atomic E-state index is 0.565. The van der Waals surface area contributed by atoms with Crippen molar-refractivity contribution in [2.75, 3.05) is 13.2 Å². The van der Waals surface area contributed by atoms with Crippen LogP contribution in [0.2, 0.25) is 0 Å². The molecule has 0 aliphatic heterocycles. The zero-order valence-corrected chi connectivity index (χ0v) is 11.2. The standard InChI is InChI=1S/C16H23NO/c1-3-11-18-15-8-6-5-7-14(15)12-17-13-16(4-2)9-10-16/h3,5-8,17H,1,4,9-13H2,2H3. The van der Waals surface area contributed by atoms with E-state index in [-0.39, 0.29) is 0 Å². The lowest BCUT2D eigenvalue weighted by atomic mass is 10.0. The fourth-order valence-electron chi connectivity index (χ4n) is 2.23. The van der Waals surface area contributed by atoms with Gasteiger partial charge in [0.2, 0.25) is 0 Å². The van der Waals surface area contributed by atoms with Crippen molar-refractivity contribution < 1.29 is 4.74 Å². The van der Waals surface area contributed by atoms with Crippen molar-refractivity contribution in [3.8, 4) is 5.75 Å². The third-order valence-electron chi connectivity index (χ3n) is 3.85. The molecule has 0 unspecified atom stereocenters. The molecular formula is C16H23NO. The Bertz CT molecular complexity index is 396. The van der Waals surface area contributed by atoms with Crippen molar-refractivity contribution in [1.82, 2.24) is 5.32 Å². The van der Waals surface area contributed by atoms with E-state index in [1.165, 1.54) is 24.8 Å². The van der Waals surface area contributed by atoms with E-state index in [9.17, 15) is 0 Å². The largest absolute Gasteiger partial charge is 0.489 e. The van der Waals surface area contributed by atoms with Gasteiger partial charge in [0.25, 0.3) is 0 Å². The van der Waals surface area contributed by atoms with Gasteiger partial charge in [0.05, 0.1) is 0 Å². The van der Waals surface area contributed by atoms with Gasteiger partial charge in [0.15, 0.2) is 0 Å². The first-order valence-electron chi connectivity index (χ1n) is 6.82. The lowest BCUT2D eigenvalue weighted by molar-refractivity contribution is 0.356. The van der Waals surface area contributed by atoms with E-state index in [0.717, 1.165) is 18.8 Å². The summed E-state index contributed by atoms with van der Waals surface area (Å²) in [5, 5.41) is 3.57. The highest BCUT2D eigenvalue weighted by Crippen LogP contribution is 2.47. The van der Waals surface area contributed by atoms with Crippen molar-refractivity contribution in [2.45, 2.75) is 32.7 Å². The highest BCUT2D eigenvalue weighted by Gasteiger charge is 2.39. The van der Waals surface area contributed by atoms with Gasteiger partial charge in [0.1, 0.15) is 12.4 Å². The molecule has 0 saturated heterocycles. The van der Waals surface area contributed by atoms with E-state index in [1.54, 1.807) is 6.08 Å². The summed E-state index contributed by atoms with van der Waals surface area (Å²) in [6.45, 7) is 8.54. The van der Waals surface area contributed by atoms with Gasteiger partial charge in [-0.15, -0.1) is 0 Å². The Morgan fingerprint density at radius 3 is 2.83 bits per heavy atom. The summed E-state index contributed by atoms with van der Waals surface area (Å²) in [4.78, 5) is 0. The van der Waals surface area contributed by atoms with E-state index < -0.39 is 0 Å². The number of nitrogens with one attached hydrogen (secondary N) is 1. The Hall–Kier alpha value is -1.28. The molecule has 1 saturated carbocycles. The third kappa shape index (κ3) is 3.36. The van der Waals surface area contributed by atoms with Crippen LogP contribution in [-0.2, 0) is 6.54 Å². The lowest BCUT2D eigenvalue weighted by Gasteiger charge is -2.15. The first-order chi connectivity index (χ1) is 8.79. The smallest absolute Gasteiger partial charge is 0.124 e. The SMILES string of the molecule is C=CCOc1ccccc1CNCC1(CC)CC1. The molecule has 2 nitrogen and oxygen atoms in total. The molecule has 0 amide bonds. The number of ether oxygens (including phenoxy) is 1. The van der Waals surface area contributed by atoms with Crippen LogP contribution in [0.15, 0.2) is 36.9 Å². The van der Waals surface area contributed by atoms with Crippen LogP contribution in [-0.4, -0.2) is 13.2 Å². The summed E-state index contributed by atoms with van der Waals surface area (Å²) >= 11 is 0. The Kier molecular flexibility index (Phi) is 4.43. The van der Waals surface area contributed by atoms with Gasteiger partial charge in [-0.2, -0.15) is 0 Å². The number of benzene rings is 1. The monoisotopic (exact) mass is 245 g/mol. The zero-order chi connectivity index (χ0) is 12.8. The molecule has 1 aromatic rings. The topological polar surface area (TPSA) is 21.3 Å². The van der Waals surface area contributed by atoms with Crippen molar-refractivity contribution in [2.24, 2.45) is 5.41 Å². The Labute approximate surface area is 110 Å². The molecular weight excluding hydrogens is 222 g/mol. The Morgan fingerprint density at radius 2 is 2.17 bits per heavy atom. The first kappa shape index (κ1) is 13.2. The maximum Gasteiger partial charge on any atom is 0.124 e. The van der Waals surface area contributed by atoms with Crippen molar-refractivity contribution in [3.05, 3.63) is 42.5 Å². The molecule has 1 aliphatic rings. The predicted molar refractivity (Wildman–Crippen MR) is 75.8 cm³/mol. The van der Waals surface area contributed by atoms with Crippen LogP contribution in [0.3, 0.4) is 0 Å². The van der Waals surface area contributed by atoms with Gasteiger partial charge in [-0.25, -0.2) is 0 Å². The molecule has 0 radical (unpaired) electrons. The van der Waals surface area contributed by atoms with Crippen LogP contribution in [0.1, 0.15) is 31.7 Å². The zero-order valence-electron chi connectivity index (χ0n) is 11.2. The molecule has 2 rings (SSSR count). The molecule has 0 spiro atoms. The normalized spacial score (nSPS) is 16.3. The fourth-order valence-corrected chi connectivity index (χ4v) is 2.23. The number of para-hydroxylation sites is 1. The predicted octanol–water partition coefficient (Wildman–Crippen LogP) is 3.53. The second-order valence-electron chi connectivity index (χ2n) is 5.16. The molecule has 0 heterocycles. The highest BCUT2D eigenvalue weighted by molar-refractivity contribution is 5.33. The molecule has 1 aromatic carbocycles. The van der Waals surface area contributed by atoms with Crippen LogP contribution in [0, 0.1) is 5.41 Å². The summed E-state index contributed by atoms with van der Waals surface area (Å²) in [6.07, 6.45) is 5.82. The van der Waals surface area contributed by atoms with E-state index in [2.05, 4.69) is 31.0 Å². The van der Waals surface area contributed by atoms with Crippen LogP contribution >= 0.6 is 0 Å². The minimum Gasteiger partial charge on any atom is -0.489 e. The third-order valence-corrected chi connectivity index (χ3v) is 3.85. The molecule has 0 bridgehead atoms. The van der Waals surface area contributed by atoms with E-state index in [4.69, 9.17) is 4.74 Å². The van der Waals surface area contributed by atoms with E-state index >= 15 is 0 Å².